The van der Waals surface area contributed by atoms with E-state index in [2.05, 4.69) is 16.9 Å². The molecule has 5 heteroatoms. The van der Waals surface area contributed by atoms with Crippen LogP contribution in [0.1, 0.15) is 5.69 Å². The molecule has 0 aliphatic rings. The molecule has 1 aromatic carbocycles. The van der Waals surface area contributed by atoms with Crippen molar-refractivity contribution < 1.29 is 9.13 Å². The molecule has 0 saturated carbocycles. The quantitative estimate of drug-likeness (QED) is 0.840. The number of allylic oxidation sites excluding steroid dienone is 1. The van der Waals surface area contributed by atoms with Gasteiger partial charge in [-0.15, -0.1) is 6.58 Å². The number of ether oxygens (including phenoxy) is 1. The Morgan fingerprint density at radius 3 is 3.00 bits per heavy atom. The maximum Gasteiger partial charge on any atom is 0.207 e. The van der Waals surface area contributed by atoms with Gasteiger partial charge in [-0.05, 0) is 19.1 Å². The van der Waals surface area contributed by atoms with Gasteiger partial charge in [-0.1, -0.05) is 6.08 Å². The minimum Gasteiger partial charge on any atom is -0.497 e. The topological polar surface area (TPSA) is 39.1 Å². The summed E-state index contributed by atoms with van der Waals surface area (Å²) in [5.74, 6) is 0.804. The first-order valence-corrected chi connectivity index (χ1v) is 5.89. The van der Waals surface area contributed by atoms with Crippen molar-refractivity contribution in [3.8, 4) is 5.75 Å². The standard InChI is InChI=1S/C14H16FN3O/c1-4-7-18-9-10(2)16-14(18)17-13-8-11(19-3)5-6-12(13)15/h4-6,8-9H,1,7H2,2-3H3,(H,16,17). The zero-order valence-electron chi connectivity index (χ0n) is 11.0. The zero-order valence-corrected chi connectivity index (χ0v) is 11.0. The molecular weight excluding hydrogens is 245 g/mol. The van der Waals surface area contributed by atoms with Crippen molar-refractivity contribution in [3.05, 3.63) is 48.6 Å². The Morgan fingerprint density at radius 1 is 1.53 bits per heavy atom. The number of imidazole rings is 1. The largest absolute Gasteiger partial charge is 0.497 e. The Balaban J connectivity index is 2.32. The van der Waals surface area contributed by atoms with Crippen LogP contribution in [0, 0.1) is 12.7 Å². The van der Waals surface area contributed by atoms with Crippen LogP contribution in [0.5, 0.6) is 5.75 Å². The van der Waals surface area contributed by atoms with Crippen LogP contribution in [0.4, 0.5) is 16.0 Å². The van der Waals surface area contributed by atoms with Crippen LogP contribution < -0.4 is 10.1 Å². The molecule has 19 heavy (non-hydrogen) atoms. The van der Waals surface area contributed by atoms with Gasteiger partial charge >= 0.3 is 0 Å². The predicted molar refractivity (Wildman–Crippen MR) is 73.4 cm³/mol. The summed E-state index contributed by atoms with van der Waals surface area (Å²) in [4.78, 5) is 4.32. The van der Waals surface area contributed by atoms with Gasteiger partial charge < -0.3 is 14.6 Å². The lowest BCUT2D eigenvalue weighted by Crippen LogP contribution is -2.03. The van der Waals surface area contributed by atoms with E-state index in [1.165, 1.54) is 6.07 Å². The second kappa shape index (κ2) is 5.56. The molecule has 2 rings (SSSR count). The molecule has 0 bridgehead atoms. The van der Waals surface area contributed by atoms with E-state index in [1.54, 1.807) is 25.3 Å². The highest BCUT2D eigenvalue weighted by Crippen LogP contribution is 2.24. The van der Waals surface area contributed by atoms with Gasteiger partial charge in [0.05, 0.1) is 18.5 Å². The number of nitrogens with one attached hydrogen (secondary N) is 1. The summed E-state index contributed by atoms with van der Waals surface area (Å²) in [7, 11) is 1.54. The molecule has 1 heterocycles. The summed E-state index contributed by atoms with van der Waals surface area (Å²) in [6.45, 7) is 6.18. The lowest BCUT2D eigenvalue weighted by Gasteiger charge is -2.10. The molecule has 0 atom stereocenters. The third kappa shape index (κ3) is 2.93. The highest BCUT2D eigenvalue weighted by Gasteiger charge is 2.09. The Labute approximate surface area is 111 Å². The second-order valence-electron chi connectivity index (χ2n) is 4.12. The number of aromatic nitrogens is 2. The SMILES string of the molecule is C=CCn1cc(C)nc1Nc1cc(OC)ccc1F. The van der Waals surface area contributed by atoms with Crippen LogP contribution in [0.25, 0.3) is 0 Å². The van der Waals surface area contributed by atoms with Crippen molar-refractivity contribution in [2.24, 2.45) is 0 Å². The van der Waals surface area contributed by atoms with Crippen LogP contribution in [0.2, 0.25) is 0 Å². The van der Waals surface area contributed by atoms with Crippen LogP contribution in [-0.2, 0) is 6.54 Å². The molecule has 0 saturated heterocycles. The van der Waals surface area contributed by atoms with Crippen LogP contribution in [-0.4, -0.2) is 16.7 Å². The fourth-order valence-corrected chi connectivity index (χ4v) is 1.77. The smallest absolute Gasteiger partial charge is 0.207 e. The molecule has 1 aromatic heterocycles. The second-order valence-corrected chi connectivity index (χ2v) is 4.12. The Morgan fingerprint density at radius 2 is 2.32 bits per heavy atom. The summed E-state index contributed by atoms with van der Waals surface area (Å²) in [5.41, 5.74) is 1.18. The first-order chi connectivity index (χ1) is 9.13. The molecule has 0 aliphatic heterocycles. The first-order valence-electron chi connectivity index (χ1n) is 5.89. The Bertz CT molecular complexity index is 592. The van der Waals surface area contributed by atoms with E-state index in [9.17, 15) is 4.39 Å². The summed E-state index contributed by atoms with van der Waals surface area (Å²) in [5, 5.41) is 2.97. The van der Waals surface area contributed by atoms with Gasteiger partial charge in [-0.3, -0.25) is 0 Å². The molecule has 4 nitrogen and oxygen atoms in total. The lowest BCUT2D eigenvalue weighted by atomic mass is 10.3. The summed E-state index contributed by atoms with van der Waals surface area (Å²) in [6, 6.07) is 4.52. The third-order valence-corrected chi connectivity index (χ3v) is 2.64. The minimum atomic E-state index is -0.355. The Kier molecular flexibility index (Phi) is 3.85. The first kappa shape index (κ1) is 13.1. The average Bonchev–Trinajstić information content (AvgIpc) is 2.73. The van der Waals surface area contributed by atoms with Gasteiger partial charge in [0.1, 0.15) is 11.6 Å². The predicted octanol–water partition coefficient (Wildman–Crippen LogP) is 3.27. The number of nitrogens with zero attached hydrogens (tertiary/aromatic N) is 2. The fourth-order valence-electron chi connectivity index (χ4n) is 1.77. The third-order valence-electron chi connectivity index (χ3n) is 2.64. The number of hydrogen-bond acceptors (Lipinski definition) is 3. The number of hydrogen-bond donors (Lipinski definition) is 1. The van der Waals surface area contributed by atoms with Crippen molar-refractivity contribution >= 4 is 11.6 Å². The summed E-state index contributed by atoms with van der Waals surface area (Å²) in [6.07, 6.45) is 3.64. The summed E-state index contributed by atoms with van der Waals surface area (Å²) < 4.78 is 20.7. The van der Waals surface area contributed by atoms with E-state index in [0.29, 0.717) is 23.9 Å². The molecule has 0 unspecified atom stereocenters. The average molecular weight is 261 g/mol. The van der Waals surface area contributed by atoms with Gasteiger partial charge in [0.25, 0.3) is 0 Å². The molecular formula is C14H16FN3O. The monoisotopic (exact) mass is 261 g/mol. The molecule has 0 fully saturated rings. The molecule has 0 aliphatic carbocycles. The normalized spacial score (nSPS) is 10.3. The van der Waals surface area contributed by atoms with Gasteiger partial charge in [0.2, 0.25) is 5.95 Å². The van der Waals surface area contributed by atoms with Crippen molar-refractivity contribution in [1.82, 2.24) is 9.55 Å². The highest BCUT2D eigenvalue weighted by molar-refractivity contribution is 5.57. The summed E-state index contributed by atoms with van der Waals surface area (Å²) >= 11 is 0. The van der Waals surface area contributed by atoms with E-state index in [-0.39, 0.29) is 5.82 Å². The molecule has 0 radical (unpaired) electrons. The number of benzene rings is 1. The molecule has 0 amide bonds. The van der Waals surface area contributed by atoms with E-state index < -0.39 is 0 Å². The number of anilines is 2. The van der Waals surface area contributed by atoms with E-state index in [1.807, 2.05) is 17.7 Å². The van der Waals surface area contributed by atoms with Crippen molar-refractivity contribution in [1.29, 1.82) is 0 Å². The lowest BCUT2D eigenvalue weighted by molar-refractivity contribution is 0.414. The fraction of sp³-hybridized carbons (Fsp3) is 0.214. The highest BCUT2D eigenvalue weighted by atomic mass is 19.1. The Hall–Kier alpha value is -2.30. The zero-order chi connectivity index (χ0) is 13.8. The van der Waals surface area contributed by atoms with Gasteiger partial charge in [-0.25, -0.2) is 9.37 Å². The molecule has 1 N–H and O–H groups in total. The molecule has 100 valence electrons. The number of rotatable bonds is 5. The van der Waals surface area contributed by atoms with E-state index in [4.69, 9.17) is 4.74 Å². The maximum atomic E-state index is 13.7. The number of aryl methyl sites for hydroxylation is 1. The van der Waals surface area contributed by atoms with Crippen molar-refractivity contribution in [3.63, 3.8) is 0 Å². The minimum absolute atomic E-state index is 0.329. The van der Waals surface area contributed by atoms with Crippen molar-refractivity contribution in [2.45, 2.75) is 13.5 Å². The van der Waals surface area contributed by atoms with Gasteiger partial charge in [0, 0.05) is 18.8 Å². The van der Waals surface area contributed by atoms with Crippen LogP contribution in [0.3, 0.4) is 0 Å². The van der Waals surface area contributed by atoms with Crippen LogP contribution in [0.15, 0.2) is 37.1 Å². The number of halogens is 1. The van der Waals surface area contributed by atoms with Gasteiger partial charge in [0.15, 0.2) is 0 Å². The molecule has 0 spiro atoms. The van der Waals surface area contributed by atoms with E-state index >= 15 is 0 Å². The van der Waals surface area contributed by atoms with E-state index in [0.717, 1.165) is 5.69 Å². The number of methoxy groups -OCH3 is 1. The molecule has 2 aromatic rings. The van der Waals surface area contributed by atoms with Crippen LogP contribution >= 0.6 is 0 Å². The maximum absolute atomic E-state index is 13.7. The van der Waals surface area contributed by atoms with Crippen molar-refractivity contribution in [2.75, 3.05) is 12.4 Å². The van der Waals surface area contributed by atoms with Gasteiger partial charge in [-0.2, -0.15) is 0 Å².